The van der Waals surface area contributed by atoms with Crippen molar-refractivity contribution in [1.82, 2.24) is 4.90 Å². The Morgan fingerprint density at radius 1 is 1.16 bits per heavy atom. The Morgan fingerprint density at radius 3 is 2.52 bits per heavy atom. The van der Waals surface area contributed by atoms with Gasteiger partial charge in [-0.05, 0) is 49.1 Å². The van der Waals surface area contributed by atoms with Crippen molar-refractivity contribution in [2.45, 2.75) is 38.9 Å². The van der Waals surface area contributed by atoms with E-state index in [1.165, 1.54) is 22.3 Å². The first-order chi connectivity index (χ1) is 12.0. The number of ether oxygens (including phenoxy) is 2. The number of hydrogen-bond donors (Lipinski definition) is 1. The maximum atomic E-state index is 6.40. The SMILES string of the molecule is COc1cc2c(cc1OC)[C@H]([C@@H](C)N)N(Cc1cccc(C)c1)CC2. The van der Waals surface area contributed by atoms with Crippen LogP contribution in [0.2, 0.25) is 0 Å². The van der Waals surface area contributed by atoms with Crippen LogP contribution in [0.3, 0.4) is 0 Å². The molecule has 2 aromatic rings. The number of nitrogens with zero attached hydrogens (tertiary/aromatic N) is 1. The maximum absolute atomic E-state index is 6.40. The van der Waals surface area contributed by atoms with Crippen molar-refractivity contribution >= 4 is 0 Å². The summed E-state index contributed by atoms with van der Waals surface area (Å²) in [5, 5.41) is 0. The lowest BCUT2D eigenvalue weighted by Gasteiger charge is -2.40. The normalized spacial score (nSPS) is 18.5. The molecule has 0 saturated heterocycles. The molecule has 0 fully saturated rings. The zero-order valence-electron chi connectivity index (χ0n) is 15.6. The van der Waals surface area contributed by atoms with Crippen LogP contribution in [-0.2, 0) is 13.0 Å². The van der Waals surface area contributed by atoms with Crippen LogP contribution >= 0.6 is 0 Å². The van der Waals surface area contributed by atoms with Crippen molar-refractivity contribution in [2.75, 3.05) is 20.8 Å². The van der Waals surface area contributed by atoms with Gasteiger partial charge < -0.3 is 15.2 Å². The van der Waals surface area contributed by atoms with Crippen LogP contribution in [0.15, 0.2) is 36.4 Å². The largest absolute Gasteiger partial charge is 0.493 e. The molecule has 0 saturated carbocycles. The number of nitrogens with two attached hydrogens (primary N) is 1. The highest BCUT2D eigenvalue weighted by molar-refractivity contribution is 5.50. The van der Waals surface area contributed by atoms with Gasteiger partial charge >= 0.3 is 0 Å². The van der Waals surface area contributed by atoms with Crippen molar-refractivity contribution in [3.63, 3.8) is 0 Å². The minimum Gasteiger partial charge on any atom is -0.493 e. The zero-order valence-corrected chi connectivity index (χ0v) is 15.6. The second-order valence-electron chi connectivity index (χ2n) is 6.92. The van der Waals surface area contributed by atoms with E-state index in [-0.39, 0.29) is 12.1 Å². The minimum atomic E-state index is 0.0296. The third kappa shape index (κ3) is 3.65. The van der Waals surface area contributed by atoms with Crippen LogP contribution in [0.1, 0.15) is 35.2 Å². The highest BCUT2D eigenvalue weighted by atomic mass is 16.5. The first kappa shape index (κ1) is 17.8. The second-order valence-corrected chi connectivity index (χ2v) is 6.92. The third-order valence-corrected chi connectivity index (χ3v) is 4.99. The van der Waals surface area contributed by atoms with Gasteiger partial charge in [-0.2, -0.15) is 0 Å². The Balaban J connectivity index is 1.96. The van der Waals surface area contributed by atoms with E-state index in [2.05, 4.69) is 55.1 Å². The van der Waals surface area contributed by atoms with Crippen LogP contribution in [0, 0.1) is 6.92 Å². The summed E-state index contributed by atoms with van der Waals surface area (Å²) in [7, 11) is 3.36. The van der Waals surface area contributed by atoms with Crippen molar-refractivity contribution in [1.29, 1.82) is 0 Å². The molecule has 2 aromatic carbocycles. The number of hydrogen-bond acceptors (Lipinski definition) is 4. The first-order valence-corrected chi connectivity index (χ1v) is 8.83. The lowest BCUT2D eigenvalue weighted by atomic mass is 9.88. The molecule has 4 heteroatoms. The molecule has 3 rings (SSSR count). The topological polar surface area (TPSA) is 47.7 Å². The third-order valence-electron chi connectivity index (χ3n) is 4.99. The van der Waals surface area contributed by atoms with Gasteiger partial charge in [0.2, 0.25) is 0 Å². The Morgan fingerprint density at radius 2 is 1.88 bits per heavy atom. The molecule has 1 heterocycles. The maximum Gasteiger partial charge on any atom is 0.161 e. The molecule has 134 valence electrons. The molecule has 0 amide bonds. The van der Waals surface area contributed by atoms with E-state index < -0.39 is 0 Å². The van der Waals surface area contributed by atoms with Gasteiger partial charge in [0.25, 0.3) is 0 Å². The molecular formula is C21H28N2O2. The van der Waals surface area contributed by atoms with Gasteiger partial charge in [0, 0.05) is 19.1 Å². The van der Waals surface area contributed by atoms with Crippen molar-refractivity contribution in [2.24, 2.45) is 5.73 Å². The van der Waals surface area contributed by atoms with Gasteiger partial charge in [-0.1, -0.05) is 29.8 Å². The zero-order chi connectivity index (χ0) is 18.0. The fraction of sp³-hybridized carbons (Fsp3) is 0.429. The first-order valence-electron chi connectivity index (χ1n) is 8.83. The molecule has 2 N–H and O–H groups in total. The van der Waals surface area contributed by atoms with Crippen molar-refractivity contribution in [3.05, 3.63) is 58.7 Å². The molecule has 2 atom stereocenters. The predicted molar refractivity (Wildman–Crippen MR) is 101 cm³/mol. The van der Waals surface area contributed by atoms with Crippen LogP contribution < -0.4 is 15.2 Å². The van der Waals surface area contributed by atoms with Crippen molar-refractivity contribution < 1.29 is 9.47 Å². The summed E-state index contributed by atoms with van der Waals surface area (Å²) in [5.74, 6) is 1.56. The van der Waals surface area contributed by atoms with Crippen molar-refractivity contribution in [3.8, 4) is 11.5 Å². The Kier molecular flexibility index (Phi) is 5.30. The molecule has 0 aromatic heterocycles. The molecule has 0 bridgehead atoms. The molecule has 1 aliphatic heterocycles. The van der Waals surface area contributed by atoms with E-state index >= 15 is 0 Å². The average Bonchev–Trinajstić information content (AvgIpc) is 2.60. The van der Waals surface area contributed by atoms with Crippen LogP contribution in [0.5, 0.6) is 11.5 Å². The van der Waals surface area contributed by atoms with Gasteiger partial charge in [0.05, 0.1) is 20.3 Å². The summed E-state index contributed by atoms with van der Waals surface area (Å²) in [6.45, 7) is 6.11. The van der Waals surface area contributed by atoms with Gasteiger partial charge in [-0.25, -0.2) is 0 Å². The Bertz CT molecular complexity index is 743. The quantitative estimate of drug-likeness (QED) is 0.905. The average molecular weight is 340 g/mol. The van der Waals surface area contributed by atoms with Gasteiger partial charge in [-0.3, -0.25) is 4.90 Å². The fourth-order valence-electron chi connectivity index (χ4n) is 3.87. The van der Waals surface area contributed by atoms with E-state index in [1.807, 2.05) is 0 Å². The van der Waals surface area contributed by atoms with E-state index in [0.717, 1.165) is 31.0 Å². The highest BCUT2D eigenvalue weighted by Gasteiger charge is 2.31. The smallest absolute Gasteiger partial charge is 0.161 e. The second kappa shape index (κ2) is 7.46. The minimum absolute atomic E-state index is 0.0296. The van der Waals surface area contributed by atoms with Crippen LogP contribution in [0.25, 0.3) is 0 Å². The standard InChI is InChI=1S/C21H28N2O2/c1-14-6-5-7-16(10-14)13-23-9-8-17-11-19(24-3)20(25-4)12-18(17)21(23)15(2)22/h5-7,10-12,15,21H,8-9,13,22H2,1-4H3/t15-,21+/m1/s1. The Labute approximate surface area is 150 Å². The molecule has 4 nitrogen and oxygen atoms in total. The van der Waals surface area contributed by atoms with Crippen LogP contribution in [-0.4, -0.2) is 31.7 Å². The highest BCUT2D eigenvalue weighted by Crippen LogP contribution is 2.39. The summed E-state index contributed by atoms with van der Waals surface area (Å²) < 4.78 is 11.0. The van der Waals surface area contributed by atoms with E-state index in [9.17, 15) is 0 Å². The van der Waals surface area contributed by atoms with Gasteiger partial charge in [0.1, 0.15) is 0 Å². The van der Waals surface area contributed by atoms with E-state index in [1.54, 1.807) is 14.2 Å². The summed E-state index contributed by atoms with van der Waals surface area (Å²) in [4.78, 5) is 2.48. The summed E-state index contributed by atoms with van der Waals surface area (Å²) in [5.41, 5.74) is 11.6. The lowest BCUT2D eigenvalue weighted by Crippen LogP contribution is -2.43. The molecule has 1 aliphatic rings. The van der Waals surface area contributed by atoms with E-state index in [4.69, 9.17) is 15.2 Å². The Hall–Kier alpha value is -2.04. The number of fused-ring (bicyclic) bond motifs is 1. The monoisotopic (exact) mass is 340 g/mol. The number of benzene rings is 2. The van der Waals surface area contributed by atoms with Crippen LogP contribution in [0.4, 0.5) is 0 Å². The molecule has 0 unspecified atom stereocenters. The summed E-state index contributed by atoms with van der Waals surface area (Å²) in [6, 6.07) is 13.1. The number of aryl methyl sites for hydroxylation is 1. The molecule has 0 aliphatic carbocycles. The molecule has 0 radical (unpaired) electrons. The van der Waals surface area contributed by atoms with E-state index in [0.29, 0.717) is 0 Å². The fourth-order valence-corrected chi connectivity index (χ4v) is 3.87. The van der Waals surface area contributed by atoms with Gasteiger partial charge in [-0.15, -0.1) is 0 Å². The lowest BCUT2D eigenvalue weighted by molar-refractivity contribution is 0.155. The number of methoxy groups -OCH3 is 2. The number of rotatable bonds is 5. The summed E-state index contributed by atoms with van der Waals surface area (Å²) >= 11 is 0. The predicted octanol–water partition coefficient (Wildman–Crippen LogP) is 3.46. The molecular weight excluding hydrogens is 312 g/mol. The summed E-state index contributed by atoms with van der Waals surface area (Å²) in [6.07, 6.45) is 0.991. The molecule has 25 heavy (non-hydrogen) atoms. The molecule has 0 spiro atoms. The van der Waals surface area contributed by atoms with Gasteiger partial charge in [0.15, 0.2) is 11.5 Å².